The average Bonchev–Trinajstić information content (AvgIpc) is 3.24. The number of carbonyl (C=O) groups excluding carboxylic acids is 1. The molecular weight excluding hydrogens is 469 g/mol. The molecule has 1 aromatic carbocycles. The summed E-state index contributed by atoms with van der Waals surface area (Å²) < 4.78 is 34.0. The molecule has 0 saturated carbocycles. The first-order valence-corrected chi connectivity index (χ1v) is 12.3. The lowest BCUT2D eigenvalue weighted by atomic mass is 9.85. The van der Waals surface area contributed by atoms with Gasteiger partial charge >= 0.3 is 0 Å². The van der Waals surface area contributed by atoms with Gasteiger partial charge in [-0.15, -0.1) is 15.7 Å². The Labute approximate surface area is 195 Å². The number of amides is 1. The van der Waals surface area contributed by atoms with Gasteiger partial charge in [0, 0.05) is 0 Å². The number of nitrogens with one attached hydrogen (secondary N) is 1. The number of hydrogen-bond acceptors (Lipinski definition) is 8. The first-order valence-electron chi connectivity index (χ1n) is 9.94. The minimum Gasteiger partial charge on any atom is -0.393 e. The molecule has 0 saturated heterocycles. The summed E-state index contributed by atoms with van der Waals surface area (Å²) in [5.74, 6) is -2.05. The van der Waals surface area contributed by atoms with Gasteiger partial charge in [-0.1, -0.05) is 27.7 Å². The first kappa shape index (κ1) is 26.4. The molecule has 0 aliphatic heterocycles. The van der Waals surface area contributed by atoms with Crippen molar-refractivity contribution < 1.29 is 23.6 Å². The second-order valence-electron chi connectivity index (χ2n) is 7.76. The third kappa shape index (κ3) is 5.72. The number of halogens is 1. The summed E-state index contributed by atoms with van der Waals surface area (Å²) in [5, 5.41) is 37.2. The van der Waals surface area contributed by atoms with Gasteiger partial charge in [0.1, 0.15) is 27.2 Å². The van der Waals surface area contributed by atoms with Crippen LogP contribution in [0.4, 0.5) is 4.39 Å². The average molecular weight is 494 g/mol. The Bertz CT molecular complexity index is 1250. The van der Waals surface area contributed by atoms with E-state index in [4.69, 9.17) is 10.4 Å². The maximum Gasteiger partial charge on any atom is 0.259 e. The predicted octanol–water partition coefficient (Wildman–Crippen LogP) is 3.01. The molecule has 3 N–H and O–H groups in total. The number of nitriles is 2. The molecule has 2 rings (SSSR count). The highest BCUT2D eigenvalue weighted by Crippen LogP contribution is 2.33. The maximum absolute atomic E-state index is 15.0. The number of rotatable bonds is 8. The normalized spacial score (nSPS) is 13.8. The Morgan fingerprint density at radius 3 is 2.52 bits per heavy atom. The molecule has 1 amide bonds. The minimum atomic E-state index is -3.77. The van der Waals surface area contributed by atoms with E-state index in [-0.39, 0.29) is 32.2 Å². The molecule has 176 valence electrons. The number of hydrogen-bond donors (Lipinski definition) is 3. The molecule has 33 heavy (non-hydrogen) atoms. The van der Waals surface area contributed by atoms with Crippen molar-refractivity contribution in [1.29, 1.82) is 10.5 Å². The summed E-state index contributed by atoms with van der Waals surface area (Å²) in [4.78, 5) is 16.8. The molecule has 9 nitrogen and oxygen atoms in total. The number of aromatic nitrogens is 1. The van der Waals surface area contributed by atoms with Crippen LogP contribution in [0.15, 0.2) is 20.8 Å². The Morgan fingerprint density at radius 1 is 1.33 bits per heavy atom. The highest BCUT2D eigenvalue weighted by molar-refractivity contribution is 7.94. The van der Waals surface area contributed by atoms with Gasteiger partial charge < -0.3 is 10.2 Å². The fourth-order valence-electron chi connectivity index (χ4n) is 3.27. The standard InChI is InChI=1S/C21H24FN5O4S2/c1-11(2)14-5-13(7-23)20(22)19(12(3)4)15(14)6-17(30)27-33(31,26-10-24)18-8-25-21(32-18)16(29)9-28/h5,8,11-12,16,28-29H,6,9H2,1-4H3,(H,26,27,30,31). The zero-order valence-corrected chi connectivity index (χ0v) is 20.1. The van der Waals surface area contributed by atoms with Crippen LogP contribution in [0, 0.1) is 28.6 Å². The van der Waals surface area contributed by atoms with Gasteiger partial charge in [0.15, 0.2) is 16.1 Å². The zero-order valence-electron chi connectivity index (χ0n) is 18.5. The summed E-state index contributed by atoms with van der Waals surface area (Å²) in [6, 6.07) is 3.25. The smallest absolute Gasteiger partial charge is 0.259 e. The van der Waals surface area contributed by atoms with Crippen molar-refractivity contribution in [2.24, 2.45) is 4.36 Å². The highest BCUT2D eigenvalue weighted by atomic mass is 32.2. The Morgan fingerprint density at radius 2 is 2.00 bits per heavy atom. The third-order valence-corrected chi connectivity index (χ3v) is 8.04. The van der Waals surface area contributed by atoms with Crippen LogP contribution in [0.5, 0.6) is 0 Å². The molecule has 0 bridgehead atoms. The van der Waals surface area contributed by atoms with Crippen molar-refractivity contribution in [3.63, 3.8) is 0 Å². The largest absolute Gasteiger partial charge is 0.393 e. The van der Waals surface area contributed by atoms with Gasteiger partial charge in [-0.2, -0.15) is 10.5 Å². The van der Waals surface area contributed by atoms with Crippen molar-refractivity contribution in [3.05, 3.63) is 45.3 Å². The summed E-state index contributed by atoms with van der Waals surface area (Å²) >= 11 is 0.732. The van der Waals surface area contributed by atoms with Crippen LogP contribution in [0.2, 0.25) is 0 Å². The van der Waals surface area contributed by atoms with Crippen LogP contribution in [-0.4, -0.2) is 31.9 Å². The molecule has 2 atom stereocenters. The van der Waals surface area contributed by atoms with E-state index < -0.39 is 40.8 Å². The van der Waals surface area contributed by atoms with Crippen LogP contribution in [-0.2, 0) is 21.1 Å². The Kier molecular flexibility index (Phi) is 8.63. The molecule has 0 spiro atoms. The first-order chi connectivity index (χ1) is 15.5. The molecule has 0 fully saturated rings. The molecule has 1 heterocycles. The maximum atomic E-state index is 15.0. The van der Waals surface area contributed by atoms with E-state index in [1.165, 1.54) is 12.3 Å². The van der Waals surface area contributed by atoms with Crippen LogP contribution in [0.3, 0.4) is 0 Å². The van der Waals surface area contributed by atoms with Crippen molar-refractivity contribution in [2.75, 3.05) is 6.61 Å². The monoisotopic (exact) mass is 493 g/mol. The van der Waals surface area contributed by atoms with Crippen LogP contribution in [0.25, 0.3) is 0 Å². The van der Waals surface area contributed by atoms with Crippen molar-refractivity contribution in [3.8, 4) is 12.3 Å². The molecular formula is C21H24FN5O4S2. The number of benzene rings is 1. The lowest BCUT2D eigenvalue weighted by Gasteiger charge is -2.20. The van der Waals surface area contributed by atoms with Gasteiger partial charge in [-0.3, -0.25) is 4.79 Å². The van der Waals surface area contributed by atoms with Crippen molar-refractivity contribution >= 4 is 27.2 Å². The van der Waals surface area contributed by atoms with Crippen LogP contribution < -0.4 is 4.72 Å². The van der Waals surface area contributed by atoms with Gasteiger partial charge in [-0.05, 0) is 34.6 Å². The molecule has 2 unspecified atom stereocenters. The van der Waals surface area contributed by atoms with E-state index in [9.17, 15) is 23.8 Å². The van der Waals surface area contributed by atoms with E-state index in [0.29, 0.717) is 11.1 Å². The van der Waals surface area contributed by atoms with Gasteiger partial charge in [0.25, 0.3) is 5.91 Å². The predicted molar refractivity (Wildman–Crippen MR) is 120 cm³/mol. The van der Waals surface area contributed by atoms with Gasteiger partial charge in [-0.25, -0.2) is 18.3 Å². The second-order valence-corrected chi connectivity index (χ2v) is 11.0. The van der Waals surface area contributed by atoms with Gasteiger partial charge in [0.2, 0.25) is 0 Å². The number of nitrogens with zero attached hydrogens (tertiary/aromatic N) is 4. The van der Waals surface area contributed by atoms with Crippen LogP contribution >= 0.6 is 11.3 Å². The molecule has 0 aliphatic carbocycles. The van der Waals surface area contributed by atoms with Gasteiger partial charge in [0.05, 0.1) is 24.8 Å². The molecule has 0 radical (unpaired) electrons. The topological polar surface area (TPSA) is 159 Å². The van der Waals surface area contributed by atoms with Crippen LogP contribution in [0.1, 0.15) is 72.9 Å². The van der Waals surface area contributed by atoms with E-state index >= 15 is 0 Å². The van der Waals surface area contributed by atoms with E-state index in [1.54, 1.807) is 13.8 Å². The Hall–Kier alpha value is -2.90. The number of aliphatic hydroxyl groups excluding tert-OH is 2. The van der Waals surface area contributed by atoms with E-state index in [0.717, 1.165) is 17.5 Å². The summed E-state index contributed by atoms with van der Waals surface area (Å²) in [7, 11) is -3.77. The Balaban J connectivity index is 2.61. The summed E-state index contributed by atoms with van der Waals surface area (Å²) in [6.07, 6.45) is 0.910. The number of aliphatic hydroxyl groups is 2. The lowest BCUT2D eigenvalue weighted by Crippen LogP contribution is -2.20. The second kappa shape index (κ2) is 10.8. The summed E-state index contributed by atoms with van der Waals surface area (Å²) in [5.41, 5.74) is 1.06. The third-order valence-electron chi connectivity index (χ3n) is 4.74. The fourth-order valence-corrected chi connectivity index (χ4v) is 5.75. The minimum absolute atomic E-state index is 0.0426. The molecule has 1 aromatic heterocycles. The molecule has 0 aliphatic rings. The van der Waals surface area contributed by atoms with Crippen molar-refractivity contribution in [1.82, 2.24) is 9.71 Å². The fraction of sp³-hybridized carbons (Fsp3) is 0.429. The summed E-state index contributed by atoms with van der Waals surface area (Å²) in [6.45, 7) is 6.54. The van der Waals surface area contributed by atoms with E-state index in [2.05, 4.69) is 9.35 Å². The molecule has 12 heteroatoms. The quantitative estimate of drug-likeness (QED) is 0.376. The zero-order chi connectivity index (χ0) is 24.9. The highest BCUT2D eigenvalue weighted by Gasteiger charge is 2.25. The van der Waals surface area contributed by atoms with Crippen molar-refractivity contribution in [2.45, 2.75) is 56.3 Å². The SMILES string of the molecule is CC(C)c1cc(C#N)c(F)c(C(C)C)c1CC(=O)N=S(=O)(NC#N)c1cnc(C(O)CO)s1. The lowest BCUT2D eigenvalue weighted by molar-refractivity contribution is -0.117. The number of thiazole rings is 1. The number of carbonyl (C=O) groups is 1. The molecule has 2 aromatic rings. The van der Waals surface area contributed by atoms with E-state index in [1.807, 2.05) is 24.6 Å².